The molecular formula is C22H29NO5. The Morgan fingerprint density at radius 1 is 0.750 bits per heavy atom. The molecule has 0 heterocycles. The van der Waals surface area contributed by atoms with E-state index in [4.69, 9.17) is 18.9 Å². The molecule has 28 heavy (non-hydrogen) atoms. The van der Waals surface area contributed by atoms with E-state index in [1.54, 1.807) is 28.4 Å². The fourth-order valence-corrected chi connectivity index (χ4v) is 2.94. The van der Waals surface area contributed by atoms with Crippen molar-refractivity contribution in [3.63, 3.8) is 0 Å². The maximum Gasteiger partial charge on any atom is 0.220 e. The van der Waals surface area contributed by atoms with Gasteiger partial charge in [-0.25, -0.2) is 0 Å². The number of hydrogen-bond acceptors (Lipinski definition) is 5. The molecule has 0 aliphatic heterocycles. The van der Waals surface area contributed by atoms with Crippen LogP contribution in [0.15, 0.2) is 36.4 Å². The summed E-state index contributed by atoms with van der Waals surface area (Å²) >= 11 is 0. The van der Waals surface area contributed by atoms with Crippen LogP contribution in [-0.2, 0) is 17.6 Å². The number of methoxy groups -OCH3 is 4. The van der Waals surface area contributed by atoms with Gasteiger partial charge in [-0.1, -0.05) is 12.1 Å². The van der Waals surface area contributed by atoms with Crippen LogP contribution in [0.1, 0.15) is 24.0 Å². The molecule has 152 valence electrons. The van der Waals surface area contributed by atoms with Gasteiger partial charge in [-0.15, -0.1) is 0 Å². The predicted molar refractivity (Wildman–Crippen MR) is 109 cm³/mol. The number of nitrogens with one attached hydrogen (secondary N) is 1. The summed E-state index contributed by atoms with van der Waals surface area (Å²) < 4.78 is 21.1. The van der Waals surface area contributed by atoms with E-state index >= 15 is 0 Å². The van der Waals surface area contributed by atoms with Crippen LogP contribution < -0.4 is 24.3 Å². The van der Waals surface area contributed by atoms with Crippen LogP contribution in [-0.4, -0.2) is 40.9 Å². The van der Waals surface area contributed by atoms with Gasteiger partial charge in [0.15, 0.2) is 23.0 Å². The molecule has 0 spiro atoms. The fraction of sp³-hybridized carbons (Fsp3) is 0.409. The van der Waals surface area contributed by atoms with Gasteiger partial charge in [0.1, 0.15) is 0 Å². The van der Waals surface area contributed by atoms with Crippen molar-refractivity contribution in [2.45, 2.75) is 25.7 Å². The van der Waals surface area contributed by atoms with Crippen LogP contribution in [0.5, 0.6) is 23.0 Å². The van der Waals surface area contributed by atoms with Gasteiger partial charge in [0.05, 0.1) is 28.4 Å². The second-order valence-corrected chi connectivity index (χ2v) is 6.33. The van der Waals surface area contributed by atoms with Gasteiger partial charge in [-0.2, -0.15) is 0 Å². The Balaban J connectivity index is 1.73. The van der Waals surface area contributed by atoms with Crippen LogP contribution in [0, 0.1) is 0 Å². The molecule has 6 heteroatoms. The Morgan fingerprint density at radius 3 is 1.75 bits per heavy atom. The van der Waals surface area contributed by atoms with Crippen LogP contribution in [0.25, 0.3) is 0 Å². The molecule has 0 aromatic heterocycles. The lowest BCUT2D eigenvalue weighted by Gasteiger charge is -2.10. The molecule has 6 nitrogen and oxygen atoms in total. The van der Waals surface area contributed by atoms with Crippen molar-refractivity contribution in [1.29, 1.82) is 0 Å². The van der Waals surface area contributed by atoms with E-state index in [1.807, 2.05) is 36.4 Å². The van der Waals surface area contributed by atoms with Gasteiger partial charge >= 0.3 is 0 Å². The Labute approximate surface area is 166 Å². The van der Waals surface area contributed by atoms with Gasteiger partial charge in [0.25, 0.3) is 0 Å². The highest BCUT2D eigenvalue weighted by Crippen LogP contribution is 2.28. The third kappa shape index (κ3) is 6.08. The van der Waals surface area contributed by atoms with Crippen LogP contribution in [0.2, 0.25) is 0 Å². The normalized spacial score (nSPS) is 10.3. The molecule has 0 atom stereocenters. The molecule has 0 unspecified atom stereocenters. The van der Waals surface area contributed by atoms with Gasteiger partial charge in [0.2, 0.25) is 5.91 Å². The van der Waals surface area contributed by atoms with Crippen molar-refractivity contribution in [3.05, 3.63) is 47.5 Å². The first kappa shape index (κ1) is 21.4. The van der Waals surface area contributed by atoms with E-state index in [-0.39, 0.29) is 5.91 Å². The van der Waals surface area contributed by atoms with Crippen molar-refractivity contribution in [1.82, 2.24) is 5.32 Å². The number of aryl methyl sites for hydroxylation is 2. The zero-order valence-corrected chi connectivity index (χ0v) is 17.0. The number of amides is 1. The quantitative estimate of drug-likeness (QED) is 0.599. The number of benzene rings is 2. The van der Waals surface area contributed by atoms with Gasteiger partial charge in [-0.3, -0.25) is 4.79 Å². The fourth-order valence-electron chi connectivity index (χ4n) is 2.94. The summed E-state index contributed by atoms with van der Waals surface area (Å²) in [6.45, 7) is 0.638. The third-order valence-electron chi connectivity index (χ3n) is 4.50. The predicted octanol–water partition coefficient (Wildman–Crippen LogP) is 3.40. The molecule has 0 saturated carbocycles. The Kier molecular flexibility index (Phi) is 8.46. The number of carbonyl (C=O) groups excluding carboxylic acids is 1. The van der Waals surface area contributed by atoms with E-state index in [9.17, 15) is 4.79 Å². The topological polar surface area (TPSA) is 66.0 Å². The first-order chi connectivity index (χ1) is 13.6. The highest BCUT2D eigenvalue weighted by Gasteiger charge is 2.08. The minimum atomic E-state index is 0.0436. The lowest BCUT2D eigenvalue weighted by molar-refractivity contribution is -0.121. The van der Waals surface area contributed by atoms with Crippen molar-refractivity contribution in [2.24, 2.45) is 0 Å². The highest BCUT2D eigenvalue weighted by molar-refractivity contribution is 5.76. The van der Waals surface area contributed by atoms with E-state index in [0.29, 0.717) is 30.9 Å². The maximum atomic E-state index is 12.1. The lowest BCUT2D eigenvalue weighted by Crippen LogP contribution is -2.25. The van der Waals surface area contributed by atoms with E-state index in [1.165, 1.54) is 0 Å². The van der Waals surface area contributed by atoms with Crippen LogP contribution in [0.3, 0.4) is 0 Å². The highest BCUT2D eigenvalue weighted by atomic mass is 16.5. The number of ether oxygens (including phenoxy) is 4. The summed E-state index contributed by atoms with van der Waals surface area (Å²) in [5, 5.41) is 2.97. The number of hydrogen-bond donors (Lipinski definition) is 1. The van der Waals surface area contributed by atoms with Gasteiger partial charge in [0, 0.05) is 13.0 Å². The van der Waals surface area contributed by atoms with E-state index < -0.39 is 0 Å². The summed E-state index contributed by atoms with van der Waals surface area (Å²) in [5.41, 5.74) is 2.19. The third-order valence-corrected chi connectivity index (χ3v) is 4.50. The molecule has 2 aromatic carbocycles. The van der Waals surface area contributed by atoms with Crippen LogP contribution >= 0.6 is 0 Å². The molecule has 0 saturated heterocycles. The SMILES string of the molecule is COc1ccc(CCCNC(=O)CCc2ccc(OC)c(OC)c2)cc1OC. The monoisotopic (exact) mass is 387 g/mol. The zero-order chi connectivity index (χ0) is 20.4. The zero-order valence-electron chi connectivity index (χ0n) is 17.0. The van der Waals surface area contributed by atoms with Crippen molar-refractivity contribution >= 4 is 5.91 Å². The Hall–Kier alpha value is -2.89. The molecule has 1 amide bonds. The molecule has 0 aliphatic carbocycles. The van der Waals surface area contributed by atoms with Crippen molar-refractivity contribution in [2.75, 3.05) is 35.0 Å². The number of rotatable bonds is 11. The average molecular weight is 387 g/mol. The number of carbonyl (C=O) groups is 1. The summed E-state index contributed by atoms with van der Waals surface area (Å²) in [7, 11) is 6.45. The first-order valence-corrected chi connectivity index (χ1v) is 9.29. The minimum absolute atomic E-state index is 0.0436. The molecule has 0 fully saturated rings. The molecule has 0 radical (unpaired) electrons. The second-order valence-electron chi connectivity index (χ2n) is 6.33. The largest absolute Gasteiger partial charge is 0.493 e. The standard InChI is InChI=1S/C22H29NO5/c1-25-18-10-7-16(14-20(18)27-3)6-5-13-23-22(24)12-9-17-8-11-19(26-2)21(15-17)28-4/h7-8,10-11,14-15H,5-6,9,12-13H2,1-4H3,(H,23,24). The summed E-state index contributed by atoms with van der Waals surface area (Å²) in [5.74, 6) is 2.84. The van der Waals surface area contributed by atoms with E-state index in [2.05, 4.69) is 5.32 Å². The van der Waals surface area contributed by atoms with Gasteiger partial charge < -0.3 is 24.3 Å². The van der Waals surface area contributed by atoms with Crippen molar-refractivity contribution < 1.29 is 23.7 Å². The van der Waals surface area contributed by atoms with E-state index in [0.717, 1.165) is 35.5 Å². The molecule has 1 N–H and O–H groups in total. The molecule has 2 aromatic rings. The smallest absolute Gasteiger partial charge is 0.220 e. The second kappa shape index (κ2) is 11.1. The Morgan fingerprint density at radius 2 is 1.25 bits per heavy atom. The van der Waals surface area contributed by atoms with Gasteiger partial charge in [-0.05, 0) is 54.7 Å². The first-order valence-electron chi connectivity index (χ1n) is 9.29. The molecule has 0 aliphatic rings. The maximum absolute atomic E-state index is 12.1. The average Bonchev–Trinajstić information content (AvgIpc) is 2.74. The summed E-state index contributed by atoms with van der Waals surface area (Å²) in [4.78, 5) is 12.1. The summed E-state index contributed by atoms with van der Waals surface area (Å²) in [6.07, 6.45) is 2.81. The molecule has 2 rings (SSSR count). The minimum Gasteiger partial charge on any atom is -0.493 e. The van der Waals surface area contributed by atoms with Crippen LogP contribution in [0.4, 0.5) is 0 Å². The summed E-state index contributed by atoms with van der Waals surface area (Å²) in [6, 6.07) is 11.6. The van der Waals surface area contributed by atoms with Crippen molar-refractivity contribution in [3.8, 4) is 23.0 Å². The molecule has 0 bridgehead atoms. The Bertz CT molecular complexity index is 776. The lowest BCUT2D eigenvalue weighted by atomic mass is 10.1. The molecular weight excluding hydrogens is 358 g/mol.